The maximum Gasteiger partial charge on any atom is 0.144 e. The maximum atomic E-state index is 13.8. The van der Waals surface area contributed by atoms with E-state index >= 15 is 0 Å². The molecular weight excluding hydrogens is 388 g/mol. The Bertz CT molecular complexity index is 612. The second-order valence-corrected chi connectivity index (χ2v) is 14.1. The van der Waals surface area contributed by atoms with Gasteiger partial charge in [0.15, 0.2) is 0 Å². The molecule has 0 amide bonds. The van der Waals surface area contributed by atoms with Crippen molar-refractivity contribution in [2.45, 2.75) is 148 Å². The number of allylic oxidation sites excluding steroid dienone is 2. The van der Waals surface area contributed by atoms with Crippen LogP contribution in [0.15, 0.2) is 12.2 Å². The average Bonchev–Trinajstić information content (AvgIpc) is 2.65. The molecule has 0 saturated heterocycles. The van der Waals surface area contributed by atoms with Crippen LogP contribution in [0.5, 0.6) is 0 Å². The van der Waals surface area contributed by atoms with E-state index in [0.717, 1.165) is 38.5 Å². The van der Waals surface area contributed by atoms with E-state index in [4.69, 9.17) is 0 Å². The summed E-state index contributed by atoms with van der Waals surface area (Å²) in [6.45, 7) is 32.1. The summed E-state index contributed by atoms with van der Waals surface area (Å²) in [7, 11) is 0. The molecule has 1 unspecified atom stereocenters. The standard InChI is InChI=1S/C31H60O/c1-15-20-31(14,22-19-21-30(13,17-3)18-4)29(11,12)24-28(9,10)25(32)27(7,8)23-26(5,6)16-2/h19,22H,15-18,20-21,23-24H2,1-14H3. The molecule has 0 aliphatic carbocycles. The van der Waals surface area contributed by atoms with Crippen LogP contribution in [0.2, 0.25) is 0 Å². The molecule has 0 spiro atoms. The summed E-state index contributed by atoms with van der Waals surface area (Å²) in [5.74, 6) is 0.423. The Morgan fingerprint density at radius 2 is 1.16 bits per heavy atom. The first-order valence-electron chi connectivity index (χ1n) is 13.5. The van der Waals surface area contributed by atoms with Gasteiger partial charge in [-0.05, 0) is 47.3 Å². The minimum Gasteiger partial charge on any atom is -0.299 e. The van der Waals surface area contributed by atoms with Crippen LogP contribution in [0, 0.1) is 32.5 Å². The third kappa shape index (κ3) is 8.32. The van der Waals surface area contributed by atoms with Gasteiger partial charge in [-0.25, -0.2) is 0 Å². The van der Waals surface area contributed by atoms with Crippen LogP contribution in [0.1, 0.15) is 148 Å². The summed E-state index contributed by atoms with van der Waals surface area (Å²) in [5, 5.41) is 0. The first kappa shape index (κ1) is 31.4. The van der Waals surface area contributed by atoms with Crippen molar-refractivity contribution >= 4 is 5.78 Å². The van der Waals surface area contributed by atoms with E-state index in [1.807, 2.05) is 0 Å². The van der Waals surface area contributed by atoms with Crippen molar-refractivity contribution in [1.29, 1.82) is 0 Å². The highest BCUT2D eigenvalue weighted by molar-refractivity contribution is 5.89. The van der Waals surface area contributed by atoms with E-state index in [9.17, 15) is 4.79 Å². The van der Waals surface area contributed by atoms with Crippen LogP contribution in [0.4, 0.5) is 0 Å². The zero-order chi connectivity index (χ0) is 25.6. The average molecular weight is 449 g/mol. The van der Waals surface area contributed by atoms with Crippen LogP contribution in [-0.2, 0) is 4.79 Å². The Balaban J connectivity index is 5.83. The van der Waals surface area contributed by atoms with E-state index < -0.39 is 0 Å². The van der Waals surface area contributed by atoms with Crippen molar-refractivity contribution in [2.24, 2.45) is 32.5 Å². The third-order valence-electron chi connectivity index (χ3n) is 9.11. The van der Waals surface area contributed by atoms with Gasteiger partial charge in [-0.1, -0.05) is 135 Å². The molecule has 1 atom stereocenters. The van der Waals surface area contributed by atoms with Gasteiger partial charge in [-0.2, -0.15) is 0 Å². The number of carbonyl (C=O) groups excluding carboxylic acids is 1. The lowest BCUT2D eigenvalue weighted by molar-refractivity contribution is -0.140. The lowest BCUT2D eigenvalue weighted by atomic mass is 9.55. The summed E-state index contributed by atoms with van der Waals surface area (Å²) < 4.78 is 0. The Hall–Kier alpha value is -0.590. The van der Waals surface area contributed by atoms with Crippen molar-refractivity contribution in [3.63, 3.8) is 0 Å². The first-order valence-corrected chi connectivity index (χ1v) is 13.5. The lowest BCUT2D eigenvalue weighted by Gasteiger charge is -2.48. The Morgan fingerprint density at radius 3 is 1.56 bits per heavy atom. The van der Waals surface area contributed by atoms with Crippen molar-refractivity contribution in [3.8, 4) is 0 Å². The van der Waals surface area contributed by atoms with Gasteiger partial charge in [0.1, 0.15) is 5.78 Å². The fourth-order valence-electron chi connectivity index (χ4n) is 6.01. The number of hydrogen-bond donors (Lipinski definition) is 0. The maximum absolute atomic E-state index is 13.8. The summed E-state index contributed by atoms with van der Waals surface area (Å²) in [6, 6.07) is 0. The van der Waals surface area contributed by atoms with Crippen LogP contribution >= 0.6 is 0 Å². The monoisotopic (exact) mass is 448 g/mol. The number of Topliss-reactive ketones (excluding diaryl/α,β-unsaturated/α-hetero) is 1. The summed E-state index contributed by atoms with van der Waals surface area (Å²) in [4.78, 5) is 13.8. The molecule has 0 heterocycles. The summed E-state index contributed by atoms with van der Waals surface area (Å²) in [5.41, 5.74) is 0.0358. The molecule has 190 valence electrons. The van der Waals surface area contributed by atoms with Gasteiger partial charge in [0.2, 0.25) is 0 Å². The Morgan fingerprint density at radius 1 is 0.688 bits per heavy atom. The summed E-state index contributed by atoms with van der Waals surface area (Å²) in [6.07, 6.45) is 13.8. The molecule has 0 bridgehead atoms. The van der Waals surface area contributed by atoms with Gasteiger partial charge in [-0.15, -0.1) is 0 Å². The number of hydrogen-bond acceptors (Lipinski definition) is 1. The van der Waals surface area contributed by atoms with E-state index in [2.05, 4.69) is 109 Å². The number of rotatable bonds is 15. The van der Waals surface area contributed by atoms with Crippen LogP contribution in [-0.4, -0.2) is 5.78 Å². The van der Waals surface area contributed by atoms with E-state index in [1.165, 1.54) is 12.8 Å². The predicted octanol–water partition coefficient (Wildman–Crippen LogP) is 10.4. The molecule has 0 saturated carbocycles. The van der Waals surface area contributed by atoms with E-state index in [1.54, 1.807) is 0 Å². The van der Waals surface area contributed by atoms with Gasteiger partial charge in [0, 0.05) is 10.8 Å². The number of ketones is 1. The molecule has 0 fully saturated rings. The smallest absolute Gasteiger partial charge is 0.144 e. The van der Waals surface area contributed by atoms with E-state index in [-0.39, 0.29) is 27.1 Å². The molecule has 0 aliphatic heterocycles. The molecular formula is C31H60O. The van der Waals surface area contributed by atoms with Crippen molar-refractivity contribution in [1.82, 2.24) is 0 Å². The molecule has 0 N–H and O–H groups in total. The van der Waals surface area contributed by atoms with Gasteiger partial charge in [0.05, 0.1) is 0 Å². The minimum atomic E-state index is -0.346. The third-order valence-corrected chi connectivity index (χ3v) is 9.11. The van der Waals surface area contributed by atoms with Gasteiger partial charge < -0.3 is 0 Å². The second-order valence-electron chi connectivity index (χ2n) is 14.1. The van der Waals surface area contributed by atoms with Gasteiger partial charge in [-0.3, -0.25) is 4.79 Å². The van der Waals surface area contributed by atoms with E-state index in [0.29, 0.717) is 11.2 Å². The zero-order valence-corrected chi connectivity index (χ0v) is 24.7. The molecule has 1 heteroatoms. The van der Waals surface area contributed by atoms with Gasteiger partial charge >= 0.3 is 0 Å². The quantitative estimate of drug-likeness (QED) is 0.228. The van der Waals surface area contributed by atoms with Crippen molar-refractivity contribution < 1.29 is 4.79 Å². The predicted molar refractivity (Wildman–Crippen MR) is 145 cm³/mol. The lowest BCUT2D eigenvalue weighted by Crippen LogP contribution is -2.45. The molecule has 0 rings (SSSR count). The Labute approximate surface area is 203 Å². The molecule has 0 aromatic carbocycles. The molecule has 32 heavy (non-hydrogen) atoms. The zero-order valence-electron chi connectivity index (χ0n) is 24.7. The topological polar surface area (TPSA) is 17.1 Å². The second kappa shape index (κ2) is 11.2. The minimum absolute atomic E-state index is 0.0316. The van der Waals surface area contributed by atoms with Crippen molar-refractivity contribution in [3.05, 3.63) is 12.2 Å². The molecule has 0 aliphatic rings. The fourth-order valence-corrected chi connectivity index (χ4v) is 6.01. The Kier molecular flexibility index (Phi) is 11.0. The highest BCUT2D eigenvalue weighted by atomic mass is 16.1. The highest BCUT2D eigenvalue weighted by Crippen LogP contribution is 2.52. The highest BCUT2D eigenvalue weighted by Gasteiger charge is 2.47. The molecule has 1 nitrogen and oxygen atoms in total. The largest absolute Gasteiger partial charge is 0.299 e. The normalized spacial score (nSPS) is 16.4. The first-order chi connectivity index (χ1) is 14.3. The number of carbonyl (C=O) groups is 1. The summed E-state index contributed by atoms with van der Waals surface area (Å²) >= 11 is 0. The van der Waals surface area contributed by atoms with Crippen LogP contribution in [0.25, 0.3) is 0 Å². The van der Waals surface area contributed by atoms with Crippen molar-refractivity contribution in [2.75, 3.05) is 0 Å². The van der Waals surface area contributed by atoms with Crippen LogP contribution in [0.3, 0.4) is 0 Å². The SMILES string of the molecule is CCCC(C)(C=CCC(C)(CC)CC)C(C)(C)CC(C)(C)C(=O)C(C)(C)CC(C)(C)CC. The molecule has 0 aromatic heterocycles. The fraction of sp³-hybridized carbons (Fsp3) is 0.903. The molecule has 0 radical (unpaired) electrons. The van der Waals surface area contributed by atoms with Crippen LogP contribution < -0.4 is 0 Å². The molecule has 0 aromatic rings. The van der Waals surface area contributed by atoms with Gasteiger partial charge in [0.25, 0.3) is 0 Å².